The molecule has 2 atom stereocenters. The summed E-state index contributed by atoms with van der Waals surface area (Å²) in [6.45, 7) is 22.9. The van der Waals surface area contributed by atoms with Crippen molar-refractivity contribution in [1.29, 1.82) is 0 Å². The molecule has 5 heterocycles. The quantitative estimate of drug-likeness (QED) is 0.257. The molecule has 6 rings (SSSR count). The minimum absolute atomic E-state index is 0.0723. The van der Waals surface area contributed by atoms with Gasteiger partial charge in [-0.3, -0.25) is 0 Å². The van der Waals surface area contributed by atoms with Crippen LogP contribution in [-0.2, 0) is 0 Å². The summed E-state index contributed by atoms with van der Waals surface area (Å²) in [4.78, 5) is 24.0. The van der Waals surface area contributed by atoms with Crippen LogP contribution in [0.3, 0.4) is 0 Å². The lowest BCUT2D eigenvalue weighted by atomic mass is 9.53. The highest BCUT2D eigenvalue weighted by Gasteiger charge is 2.62. The second-order valence-electron chi connectivity index (χ2n) is 16.1. The third kappa shape index (κ3) is 7.26. The lowest BCUT2D eigenvalue weighted by Crippen LogP contribution is -2.80. The van der Waals surface area contributed by atoms with Crippen LogP contribution in [0.2, 0.25) is 0 Å². The van der Waals surface area contributed by atoms with Crippen LogP contribution < -0.4 is 25.3 Å². The Kier molecular flexibility index (Phi) is 9.87. The van der Waals surface area contributed by atoms with Gasteiger partial charge in [-0.25, -0.2) is 0 Å². The average Bonchev–Trinajstić information content (AvgIpc) is 2.90. The van der Waals surface area contributed by atoms with Gasteiger partial charge in [0, 0.05) is 60.4 Å². The van der Waals surface area contributed by atoms with Crippen molar-refractivity contribution in [3.05, 3.63) is 0 Å². The van der Waals surface area contributed by atoms with Gasteiger partial charge in [0.05, 0.1) is 0 Å². The highest BCUT2D eigenvalue weighted by molar-refractivity contribution is 5.49. The number of aromatic nitrogens is 3. The molecule has 8 heteroatoms. The van der Waals surface area contributed by atoms with Crippen LogP contribution in [-0.4, -0.2) is 75.4 Å². The third-order valence-electron chi connectivity index (χ3n) is 10.7. The van der Waals surface area contributed by atoms with Crippen molar-refractivity contribution >= 4 is 17.8 Å². The molecule has 2 saturated heterocycles. The Bertz CT molecular complexity index is 988. The lowest BCUT2D eigenvalue weighted by Gasteiger charge is -2.67. The van der Waals surface area contributed by atoms with Gasteiger partial charge in [-0.05, 0) is 91.9 Å². The van der Waals surface area contributed by atoms with Gasteiger partial charge < -0.3 is 25.3 Å². The Morgan fingerprint density at radius 2 is 1.05 bits per heavy atom. The molecule has 3 fully saturated rings. The van der Waals surface area contributed by atoms with Crippen LogP contribution in [0.5, 0.6) is 0 Å². The number of nitrogens with zero attached hydrogens (tertiary/aromatic N) is 6. The number of rotatable bonds is 13. The normalized spacial score (nSPS) is 30.7. The Morgan fingerprint density at radius 3 is 1.44 bits per heavy atom. The van der Waals surface area contributed by atoms with E-state index in [1.807, 2.05) is 0 Å². The van der Waals surface area contributed by atoms with Gasteiger partial charge in [-0.1, -0.05) is 53.4 Å². The Labute approximate surface area is 263 Å². The molecular weight excluding hydrogens is 532 g/mol. The minimum atomic E-state index is 0.0723. The molecule has 1 aromatic heterocycles. The van der Waals surface area contributed by atoms with Crippen LogP contribution in [0.1, 0.15) is 145 Å². The molecule has 4 aliphatic heterocycles. The zero-order valence-corrected chi connectivity index (χ0v) is 29.1. The molecule has 43 heavy (non-hydrogen) atoms. The van der Waals surface area contributed by atoms with Gasteiger partial charge in [-0.2, -0.15) is 15.0 Å². The molecule has 0 radical (unpaired) electrons. The number of piperidine rings is 2. The summed E-state index contributed by atoms with van der Waals surface area (Å²) in [5.41, 5.74) is 0.482. The Hall–Kier alpha value is -1.67. The van der Waals surface area contributed by atoms with Crippen LogP contribution >= 0.6 is 0 Å². The number of unbranched alkanes of at least 4 members (excludes halogenated alkanes) is 4. The molecule has 2 spiro atoms. The van der Waals surface area contributed by atoms with Crippen LogP contribution in [0.15, 0.2) is 0 Å². The number of nitrogens with one attached hydrogen (secondary N) is 2. The second-order valence-corrected chi connectivity index (χ2v) is 16.1. The minimum Gasteiger partial charge on any atom is -0.341 e. The van der Waals surface area contributed by atoms with E-state index >= 15 is 0 Å². The van der Waals surface area contributed by atoms with Gasteiger partial charge in [0.1, 0.15) is 0 Å². The number of anilines is 3. The fraction of sp³-hybridized carbons (Fsp3) is 0.914. The monoisotopic (exact) mass is 597 g/mol. The van der Waals surface area contributed by atoms with E-state index in [4.69, 9.17) is 15.0 Å². The second kappa shape index (κ2) is 13.0. The van der Waals surface area contributed by atoms with E-state index in [2.05, 4.69) is 80.7 Å². The molecule has 8 nitrogen and oxygen atoms in total. The van der Waals surface area contributed by atoms with Crippen molar-refractivity contribution in [2.24, 2.45) is 0 Å². The first-order chi connectivity index (χ1) is 20.5. The number of hydrogen-bond donors (Lipinski definition) is 2. The van der Waals surface area contributed by atoms with E-state index < -0.39 is 0 Å². The van der Waals surface area contributed by atoms with E-state index in [0.29, 0.717) is 12.1 Å². The highest BCUT2D eigenvalue weighted by Crippen LogP contribution is 2.54. The maximum atomic E-state index is 5.47. The molecule has 0 aromatic carbocycles. The Morgan fingerprint density at radius 1 is 0.628 bits per heavy atom. The van der Waals surface area contributed by atoms with Crippen molar-refractivity contribution in [2.45, 2.75) is 180 Å². The Balaban J connectivity index is 1.68. The summed E-state index contributed by atoms with van der Waals surface area (Å²) in [6.07, 6.45) is 16.3. The van der Waals surface area contributed by atoms with Crippen molar-refractivity contribution in [3.8, 4) is 0 Å². The van der Waals surface area contributed by atoms with Crippen LogP contribution in [0.25, 0.3) is 0 Å². The van der Waals surface area contributed by atoms with Gasteiger partial charge in [-0.15, -0.1) is 0 Å². The molecule has 6 bridgehead atoms. The summed E-state index contributed by atoms with van der Waals surface area (Å²) < 4.78 is 0. The largest absolute Gasteiger partial charge is 0.341 e. The molecular formula is C35H64N8. The summed E-state index contributed by atoms with van der Waals surface area (Å²) in [5, 5.41) is 8.41. The van der Waals surface area contributed by atoms with Crippen molar-refractivity contribution < 1.29 is 0 Å². The molecule has 2 N–H and O–H groups in total. The molecule has 2 unspecified atom stereocenters. The van der Waals surface area contributed by atoms with Crippen molar-refractivity contribution in [1.82, 2.24) is 25.6 Å². The summed E-state index contributed by atoms with van der Waals surface area (Å²) in [6, 6.07) is 0.831. The predicted octanol–water partition coefficient (Wildman–Crippen LogP) is 6.84. The fourth-order valence-corrected chi connectivity index (χ4v) is 9.31. The lowest BCUT2D eigenvalue weighted by molar-refractivity contribution is -0.0526. The first-order valence-corrected chi connectivity index (χ1v) is 18.1. The molecule has 1 aliphatic carbocycles. The van der Waals surface area contributed by atoms with E-state index in [9.17, 15) is 0 Å². The van der Waals surface area contributed by atoms with E-state index in [-0.39, 0.29) is 22.2 Å². The van der Waals surface area contributed by atoms with E-state index in [0.717, 1.165) is 82.5 Å². The van der Waals surface area contributed by atoms with Gasteiger partial charge in [0.2, 0.25) is 17.8 Å². The maximum Gasteiger partial charge on any atom is 0.232 e. The summed E-state index contributed by atoms with van der Waals surface area (Å²) in [7, 11) is 0. The van der Waals surface area contributed by atoms with Gasteiger partial charge in [0.25, 0.3) is 0 Å². The van der Waals surface area contributed by atoms with Gasteiger partial charge in [0.15, 0.2) is 0 Å². The summed E-state index contributed by atoms with van der Waals surface area (Å²) in [5.74, 6) is 2.74. The standard InChI is InChI=1S/C35H64N8/c1-9-13-17-41(18-14-10-2)29-36-30-38-31(37-29)43(20-16-12-4)28-22-33(7,8)40-35(24-28)25-34(26-35)23-27(21-32(5,6)39-34)42(30)19-15-11-3/h27-28,39-40H,9-26H2,1-8H3. The SMILES string of the molecule is CCCCN(CCCC)c1nc2nc(n1)N(CCCC)C1CC(C)(C)NC3(C1)CC1(CC(CC(C)(C)N1)N2CCCC)C3. The highest BCUT2D eigenvalue weighted by atomic mass is 15.4. The molecule has 244 valence electrons. The fourth-order valence-electron chi connectivity index (χ4n) is 9.31. The molecule has 5 aliphatic rings. The molecule has 1 aromatic rings. The average molecular weight is 597 g/mol. The number of hydrogen-bond acceptors (Lipinski definition) is 8. The first kappa shape index (κ1) is 32.7. The van der Waals surface area contributed by atoms with E-state index in [1.54, 1.807) is 0 Å². The predicted molar refractivity (Wildman–Crippen MR) is 182 cm³/mol. The molecule has 1 saturated carbocycles. The zero-order valence-electron chi connectivity index (χ0n) is 29.1. The van der Waals surface area contributed by atoms with Crippen LogP contribution in [0, 0.1) is 0 Å². The van der Waals surface area contributed by atoms with Crippen molar-refractivity contribution in [3.63, 3.8) is 0 Å². The zero-order chi connectivity index (χ0) is 30.9. The summed E-state index contributed by atoms with van der Waals surface area (Å²) >= 11 is 0. The van der Waals surface area contributed by atoms with Crippen molar-refractivity contribution in [2.75, 3.05) is 40.9 Å². The van der Waals surface area contributed by atoms with Gasteiger partial charge >= 0.3 is 0 Å². The molecule has 0 amide bonds. The van der Waals surface area contributed by atoms with E-state index in [1.165, 1.54) is 51.4 Å². The third-order valence-corrected chi connectivity index (χ3v) is 10.7. The maximum absolute atomic E-state index is 5.47. The smallest absolute Gasteiger partial charge is 0.232 e. The topological polar surface area (TPSA) is 72.5 Å². The van der Waals surface area contributed by atoms with Crippen LogP contribution in [0.4, 0.5) is 17.8 Å². The first-order valence-electron chi connectivity index (χ1n) is 18.1.